The SMILES string of the molecule is Cc1cccc(N(C(=O)c2csnn2)[C@@H](C(=O)NC2CCCC2)c2ccccc2F)c1. The lowest BCUT2D eigenvalue weighted by molar-refractivity contribution is -0.123. The lowest BCUT2D eigenvalue weighted by Gasteiger charge is -2.32. The van der Waals surface area contributed by atoms with Gasteiger partial charge in [0.1, 0.15) is 11.9 Å². The average Bonchev–Trinajstić information content (AvgIpc) is 3.46. The standard InChI is InChI=1S/C23H23FN4O2S/c1-15-7-6-10-17(13-15)28(23(30)20-14-31-27-26-20)21(18-11-4-5-12-19(18)24)22(29)25-16-8-2-3-9-16/h4-7,10-14,16,21H,2-3,8-9H2,1H3,(H,25,29)/t21-/m1/s1. The Bertz CT molecular complexity index is 1070. The van der Waals surface area contributed by atoms with Gasteiger partial charge >= 0.3 is 0 Å². The van der Waals surface area contributed by atoms with Crippen molar-refractivity contribution < 1.29 is 14.0 Å². The minimum absolute atomic E-state index is 0.0252. The molecule has 3 aromatic rings. The molecular weight excluding hydrogens is 415 g/mol. The molecular formula is C23H23FN4O2S. The van der Waals surface area contributed by atoms with Crippen molar-refractivity contribution in [3.8, 4) is 0 Å². The van der Waals surface area contributed by atoms with Crippen LogP contribution in [-0.4, -0.2) is 27.4 Å². The second kappa shape index (κ2) is 9.34. The maximum absolute atomic E-state index is 14.9. The maximum Gasteiger partial charge on any atom is 0.280 e. The molecule has 1 aromatic heterocycles. The molecule has 31 heavy (non-hydrogen) atoms. The number of amides is 2. The predicted octanol–water partition coefficient (Wildman–Crippen LogP) is 4.43. The quantitative estimate of drug-likeness (QED) is 0.618. The van der Waals surface area contributed by atoms with Crippen molar-refractivity contribution in [1.82, 2.24) is 14.9 Å². The number of carbonyl (C=O) groups is 2. The first-order valence-electron chi connectivity index (χ1n) is 10.3. The van der Waals surface area contributed by atoms with Crippen LogP contribution in [0.4, 0.5) is 10.1 Å². The minimum atomic E-state index is -1.18. The fourth-order valence-corrected chi connectivity index (χ4v) is 4.42. The molecule has 1 heterocycles. The molecule has 0 saturated heterocycles. The van der Waals surface area contributed by atoms with Gasteiger partial charge in [-0.3, -0.25) is 14.5 Å². The second-order valence-corrected chi connectivity index (χ2v) is 8.33. The van der Waals surface area contributed by atoms with E-state index in [0.29, 0.717) is 5.69 Å². The summed E-state index contributed by atoms with van der Waals surface area (Å²) in [5.41, 5.74) is 1.65. The number of nitrogens with one attached hydrogen (secondary N) is 1. The Balaban J connectivity index is 1.83. The highest BCUT2D eigenvalue weighted by molar-refractivity contribution is 7.03. The van der Waals surface area contributed by atoms with Crippen molar-refractivity contribution in [2.45, 2.75) is 44.7 Å². The third-order valence-electron chi connectivity index (χ3n) is 5.49. The monoisotopic (exact) mass is 438 g/mol. The molecule has 0 unspecified atom stereocenters. The third-order valence-corrected chi connectivity index (χ3v) is 5.99. The normalized spacial score (nSPS) is 14.9. The van der Waals surface area contributed by atoms with Crippen molar-refractivity contribution in [3.63, 3.8) is 0 Å². The zero-order chi connectivity index (χ0) is 21.8. The Kier molecular flexibility index (Phi) is 6.36. The number of anilines is 1. The van der Waals surface area contributed by atoms with Gasteiger partial charge < -0.3 is 5.32 Å². The highest BCUT2D eigenvalue weighted by Crippen LogP contribution is 2.32. The van der Waals surface area contributed by atoms with Gasteiger partial charge in [-0.25, -0.2) is 4.39 Å². The van der Waals surface area contributed by atoms with E-state index in [2.05, 4.69) is 14.9 Å². The first-order chi connectivity index (χ1) is 15.0. The number of halogens is 1. The van der Waals surface area contributed by atoms with E-state index in [1.807, 2.05) is 13.0 Å². The van der Waals surface area contributed by atoms with Gasteiger partial charge in [0.15, 0.2) is 5.69 Å². The molecule has 1 aliphatic rings. The fourth-order valence-electron chi connectivity index (χ4n) is 3.99. The van der Waals surface area contributed by atoms with Gasteiger partial charge in [-0.1, -0.05) is 47.7 Å². The molecule has 0 bridgehead atoms. The molecule has 1 fully saturated rings. The number of rotatable bonds is 6. The number of benzene rings is 2. The summed E-state index contributed by atoms with van der Waals surface area (Å²) >= 11 is 1.05. The van der Waals surface area contributed by atoms with E-state index >= 15 is 0 Å². The van der Waals surface area contributed by atoms with E-state index in [-0.39, 0.29) is 17.3 Å². The molecule has 6 nitrogen and oxygen atoms in total. The van der Waals surface area contributed by atoms with Gasteiger partial charge in [0.05, 0.1) is 0 Å². The molecule has 2 amide bonds. The van der Waals surface area contributed by atoms with Crippen molar-refractivity contribution in [2.24, 2.45) is 0 Å². The summed E-state index contributed by atoms with van der Waals surface area (Å²) in [6, 6.07) is 12.2. The summed E-state index contributed by atoms with van der Waals surface area (Å²) in [6.07, 6.45) is 3.84. The van der Waals surface area contributed by atoms with E-state index < -0.39 is 23.7 Å². The van der Waals surface area contributed by atoms with Gasteiger partial charge in [-0.05, 0) is 55.1 Å². The summed E-state index contributed by atoms with van der Waals surface area (Å²) in [4.78, 5) is 28.4. The maximum atomic E-state index is 14.9. The molecule has 0 spiro atoms. The number of hydrogen-bond donors (Lipinski definition) is 1. The van der Waals surface area contributed by atoms with E-state index in [1.54, 1.807) is 36.4 Å². The smallest absolute Gasteiger partial charge is 0.280 e. The zero-order valence-electron chi connectivity index (χ0n) is 17.1. The van der Waals surface area contributed by atoms with Crippen LogP contribution in [0.1, 0.15) is 53.3 Å². The Morgan fingerprint density at radius 1 is 1.16 bits per heavy atom. The van der Waals surface area contributed by atoms with Gasteiger partial charge in [0.2, 0.25) is 5.91 Å². The van der Waals surface area contributed by atoms with Crippen LogP contribution in [-0.2, 0) is 4.79 Å². The summed E-state index contributed by atoms with van der Waals surface area (Å²) in [7, 11) is 0. The largest absolute Gasteiger partial charge is 0.351 e. The van der Waals surface area contributed by atoms with Gasteiger partial charge in [0.25, 0.3) is 5.91 Å². The summed E-state index contributed by atoms with van der Waals surface area (Å²) in [6.45, 7) is 1.90. The van der Waals surface area contributed by atoms with E-state index in [1.165, 1.54) is 16.3 Å². The highest BCUT2D eigenvalue weighted by Gasteiger charge is 2.37. The van der Waals surface area contributed by atoms with Crippen LogP contribution in [0, 0.1) is 12.7 Å². The Labute approximate surface area is 184 Å². The van der Waals surface area contributed by atoms with Crippen molar-refractivity contribution in [1.29, 1.82) is 0 Å². The molecule has 1 saturated carbocycles. The van der Waals surface area contributed by atoms with Crippen LogP contribution >= 0.6 is 11.5 Å². The van der Waals surface area contributed by atoms with Crippen molar-refractivity contribution in [3.05, 3.63) is 76.5 Å². The minimum Gasteiger partial charge on any atom is -0.351 e. The fraction of sp³-hybridized carbons (Fsp3) is 0.304. The first-order valence-corrected chi connectivity index (χ1v) is 11.1. The number of hydrogen-bond acceptors (Lipinski definition) is 5. The molecule has 2 aromatic carbocycles. The number of nitrogens with zero attached hydrogens (tertiary/aromatic N) is 3. The Morgan fingerprint density at radius 3 is 2.61 bits per heavy atom. The van der Waals surface area contributed by atoms with E-state index in [9.17, 15) is 14.0 Å². The van der Waals surface area contributed by atoms with Crippen LogP contribution in [0.2, 0.25) is 0 Å². The summed E-state index contributed by atoms with van der Waals surface area (Å²) in [5.74, 6) is -1.46. The third kappa shape index (κ3) is 4.64. The second-order valence-electron chi connectivity index (χ2n) is 7.72. The number of carbonyl (C=O) groups excluding carboxylic acids is 2. The lowest BCUT2D eigenvalue weighted by Crippen LogP contribution is -2.46. The van der Waals surface area contributed by atoms with Crippen LogP contribution in [0.5, 0.6) is 0 Å². The van der Waals surface area contributed by atoms with Gasteiger partial charge in [-0.15, -0.1) is 5.10 Å². The first kappa shape index (κ1) is 21.1. The molecule has 4 rings (SSSR count). The van der Waals surface area contributed by atoms with Crippen molar-refractivity contribution >= 4 is 29.0 Å². The van der Waals surface area contributed by atoms with Crippen LogP contribution in [0.3, 0.4) is 0 Å². The molecule has 160 valence electrons. The van der Waals surface area contributed by atoms with E-state index in [0.717, 1.165) is 42.8 Å². The highest BCUT2D eigenvalue weighted by atomic mass is 32.1. The molecule has 1 N–H and O–H groups in total. The summed E-state index contributed by atoms with van der Waals surface area (Å²) in [5, 5.41) is 8.46. The van der Waals surface area contributed by atoms with Crippen LogP contribution in [0.15, 0.2) is 53.9 Å². The van der Waals surface area contributed by atoms with Crippen molar-refractivity contribution in [2.75, 3.05) is 4.90 Å². The molecule has 0 radical (unpaired) electrons. The Morgan fingerprint density at radius 2 is 1.94 bits per heavy atom. The topological polar surface area (TPSA) is 75.2 Å². The summed E-state index contributed by atoms with van der Waals surface area (Å²) < 4.78 is 18.7. The number of aryl methyl sites for hydroxylation is 1. The zero-order valence-corrected chi connectivity index (χ0v) is 17.9. The average molecular weight is 439 g/mol. The van der Waals surface area contributed by atoms with Crippen LogP contribution < -0.4 is 10.2 Å². The van der Waals surface area contributed by atoms with Gasteiger partial charge in [0, 0.05) is 22.7 Å². The molecule has 0 aliphatic heterocycles. The Hall–Kier alpha value is -3.13. The van der Waals surface area contributed by atoms with Gasteiger partial charge in [-0.2, -0.15) is 0 Å². The van der Waals surface area contributed by atoms with Crippen LogP contribution in [0.25, 0.3) is 0 Å². The molecule has 1 aliphatic carbocycles. The predicted molar refractivity (Wildman–Crippen MR) is 117 cm³/mol. The lowest BCUT2D eigenvalue weighted by atomic mass is 10.0. The molecule has 1 atom stereocenters. The van der Waals surface area contributed by atoms with E-state index in [4.69, 9.17) is 0 Å². The molecule has 8 heteroatoms. The number of aromatic nitrogens is 2.